The van der Waals surface area contributed by atoms with Crippen molar-refractivity contribution in [3.8, 4) is 0 Å². The summed E-state index contributed by atoms with van der Waals surface area (Å²) in [5, 5.41) is 3.33. The maximum atomic E-state index is 13.7. The van der Waals surface area contributed by atoms with E-state index in [0.717, 1.165) is 9.87 Å². The molecule has 1 aliphatic heterocycles. The predicted molar refractivity (Wildman–Crippen MR) is 149 cm³/mol. The van der Waals surface area contributed by atoms with Crippen molar-refractivity contribution in [3.05, 3.63) is 99.5 Å². The van der Waals surface area contributed by atoms with Crippen LogP contribution in [0, 0.1) is 0 Å². The van der Waals surface area contributed by atoms with Gasteiger partial charge in [-0.15, -0.1) is 0 Å². The van der Waals surface area contributed by atoms with Gasteiger partial charge >= 0.3 is 0 Å². The molecule has 1 heterocycles. The van der Waals surface area contributed by atoms with Gasteiger partial charge in [0, 0.05) is 48.6 Å². The van der Waals surface area contributed by atoms with Crippen LogP contribution in [-0.4, -0.2) is 55.0 Å². The molecular weight excluding hydrogens is 561 g/mol. The molecule has 0 radical (unpaired) electrons. The van der Waals surface area contributed by atoms with Crippen LogP contribution in [0.1, 0.15) is 34.3 Å². The molecule has 0 aromatic heterocycles. The van der Waals surface area contributed by atoms with E-state index >= 15 is 0 Å². The van der Waals surface area contributed by atoms with Gasteiger partial charge in [-0.3, -0.25) is 14.4 Å². The van der Waals surface area contributed by atoms with Crippen LogP contribution in [0.5, 0.6) is 0 Å². The van der Waals surface area contributed by atoms with Gasteiger partial charge in [-0.25, -0.2) is 12.7 Å². The zero-order chi connectivity index (χ0) is 28.2. The molecule has 3 aromatic rings. The summed E-state index contributed by atoms with van der Waals surface area (Å²) >= 11 is 12.8. The van der Waals surface area contributed by atoms with Gasteiger partial charge in [0.05, 0.1) is 5.56 Å². The first-order valence-electron chi connectivity index (χ1n) is 12.3. The van der Waals surface area contributed by atoms with Crippen LogP contribution in [0.15, 0.2) is 77.7 Å². The van der Waals surface area contributed by atoms with E-state index in [1.807, 2.05) is 30.3 Å². The predicted octanol–water partition coefficient (Wildman–Crippen LogP) is 4.30. The first-order valence-corrected chi connectivity index (χ1v) is 14.5. The van der Waals surface area contributed by atoms with Crippen molar-refractivity contribution in [1.29, 1.82) is 0 Å². The Morgan fingerprint density at radius 1 is 0.949 bits per heavy atom. The summed E-state index contributed by atoms with van der Waals surface area (Å²) in [5.74, 6) is -1.40. The van der Waals surface area contributed by atoms with Crippen molar-refractivity contribution >= 4 is 50.9 Å². The van der Waals surface area contributed by atoms with Crippen LogP contribution in [0.4, 0.5) is 0 Å². The molecule has 0 saturated carbocycles. The largest absolute Gasteiger partial charge is 0.357 e. The maximum Gasteiger partial charge on any atom is 0.269 e. The summed E-state index contributed by atoms with van der Waals surface area (Å²) in [5.41, 5.74) is 1.45. The van der Waals surface area contributed by atoms with Gasteiger partial charge in [-0.05, 0) is 36.2 Å². The Balaban J connectivity index is 1.57. The van der Waals surface area contributed by atoms with Crippen molar-refractivity contribution < 1.29 is 22.8 Å². The highest BCUT2D eigenvalue weighted by atomic mass is 35.5. The van der Waals surface area contributed by atoms with Gasteiger partial charge in [0.2, 0.25) is 11.8 Å². The number of amides is 3. The molecule has 0 bridgehead atoms. The average Bonchev–Trinajstić information content (AvgIpc) is 3.12. The van der Waals surface area contributed by atoms with Crippen LogP contribution in [0.2, 0.25) is 10.0 Å². The molecule has 0 saturated heterocycles. The Bertz CT molecular complexity index is 1480. The summed E-state index contributed by atoms with van der Waals surface area (Å²) < 4.78 is 26.6. The zero-order valence-corrected chi connectivity index (χ0v) is 23.5. The number of nitrogens with zero attached hydrogens (tertiary/aromatic N) is 2. The van der Waals surface area contributed by atoms with E-state index in [1.54, 1.807) is 30.3 Å². The highest BCUT2D eigenvalue weighted by molar-refractivity contribution is 7.90. The summed E-state index contributed by atoms with van der Waals surface area (Å²) in [6, 6.07) is 19.4. The number of hydrogen-bond donors (Lipinski definition) is 1. The van der Waals surface area contributed by atoms with Gasteiger partial charge < -0.3 is 10.2 Å². The third-order valence-corrected chi connectivity index (χ3v) is 9.12. The summed E-state index contributed by atoms with van der Waals surface area (Å²) in [7, 11) is -2.50. The third kappa shape index (κ3) is 6.11. The molecule has 0 fully saturated rings. The Labute approximate surface area is 237 Å². The molecule has 0 spiro atoms. The van der Waals surface area contributed by atoms with Gasteiger partial charge in [-0.1, -0.05) is 71.7 Å². The molecule has 3 aromatic carbocycles. The summed E-state index contributed by atoms with van der Waals surface area (Å²) in [6.45, 7) is -0.208. The second kappa shape index (κ2) is 12.2. The molecule has 8 nitrogen and oxygen atoms in total. The highest BCUT2D eigenvalue weighted by Gasteiger charge is 2.40. The monoisotopic (exact) mass is 587 g/mol. The van der Waals surface area contributed by atoms with E-state index in [4.69, 9.17) is 23.2 Å². The number of halogens is 2. The fourth-order valence-electron chi connectivity index (χ4n) is 4.54. The number of likely N-dealkylation sites (N-methyl/N-ethyl adjacent to an activating group) is 1. The van der Waals surface area contributed by atoms with Crippen molar-refractivity contribution in [2.75, 3.05) is 13.6 Å². The third-order valence-electron chi connectivity index (χ3n) is 6.57. The van der Waals surface area contributed by atoms with E-state index in [0.29, 0.717) is 15.6 Å². The molecule has 1 aliphatic rings. The maximum absolute atomic E-state index is 13.7. The Kier molecular flexibility index (Phi) is 8.94. The molecule has 11 heteroatoms. The van der Waals surface area contributed by atoms with Crippen LogP contribution in [-0.2, 0) is 32.6 Å². The first kappa shape index (κ1) is 28.6. The summed E-state index contributed by atoms with van der Waals surface area (Å²) in [4.78, 5) is 40.8. The van der Waals surface area contributed by atoms with Crippen LogP contribution < -0.4 is 5.32 Å². The Morgan fingerprint density at radius 2 is 1.59 bits per heavy atom. The molecule has 1 N–H and O–H groups in total. The fraction of sp³-hybridized carbons (Fsp3) is 0.250. The number of sulfonamides is 1. The van der Waals surface area contributed by atoms with Gasteiger partial charge in [0.1, 0.15) is 10.9 Å². The number of benzene rings is 3. The van der Waals surface area contributed by atoms with Crippen LogP contribution in [0.25, 0.3) is 0 Å². The van der Waals surface area contributed by atoms with Crippen LogP contribution in [0.3, 0.4) is 0 Å². The van der Waals surface area contributed by atoms with Crippen molar-refractivity contribution in [2.24, 2.45) is 0 Å². The minimum atomic E-state index is -3.99. The quantitative estimate of drug-likeness (QED) is 0.381. The van der Waals surface area contributed by atoms with Crippen molar-refractivity contribution in [3.63, 3.8) is 0 Å². The lowest BCUT2D eigenvalue weighted by molar-refractivity contribution is -0.141. The zero-order valence-electron chi connectivity index (χ0n) is 21.1. The smallest absolute Gasteiger partial charge is 0.269 e. The van der Waals surface area contributed by atoms with E-state index in [-0.39, 0.29) is 48.7 Å². The number of carbonyl (C=O) groups excluding carboxylic acids is 3. The number of carbonyl (C=O) groups is 3. The topological polar surface area (TPSA) is 104 Å². The number of fused-ring (bicyclic) bond motifs is 1. The second-order valence-electron chi connectivity index (χ2n) is 9.02. The lowest BCUT2D eigenvalue weighted by Crippen LogP contribution is -2.50. The minimum absolute atomic E-state index is 0.0331. The van der Waals surface area contributed by atoms with Crippen molar-refractivity contribution in [1.82, 2.24) is 14.5 Å². The Hall–Kier alpha value is -3.40. The molecule has 39 heavy (non-hydrogen) atoms. The van der Waals surface area contributed by atoms with Gasteiger partial charge in [0.15, 0.2) is 0 Å². The molecule has 204 valence electrons. The Morgan fingerprint density at radius 3 is 2.23 bits per heavy atom. The molecule has 4 rings (SSSR count). The van der Waals surface area contributed by atoms with Gasteiger partial charge in [0.25, 0.3) is 15.9 Å². The van der Waals surface area contributed by atoms with Crippen molar-refractivity contribution in [2.45, 2.75) is 36.7 Å². The molecular formula is C28H27Cl2N3O5S. The second-order valence-corrected chi connectivity index (χ2v) is 11.7. The van der Waals surface area contributed by atoms with E-state index in [2.05, 4.69) is 5.32 Å². The first-order chi connectivity index (χ1) is 18.6. The standard InChI is InChI=1S/C28H27Cl2N3O5S/c1-31-27(35)24(17-19-9-3-2-4-10-19)32(18-21-22(29)12-7-13-23(21)30)26(34)15-8-16-33-28(36)20-11-5-6-14-25(20)39(33,37)38/h2-7,9-14,24H,8,15-18H2,1H3,(H,31,35)/t24-/m0/s1. The lowest BCUT2D eigenvalue weighted by Gasteiger charge is -2.32. The number of rotatable bonds is 10. The molecule has 3 amide bonds. The molecule has 1 atom stereocenters. The lowest BCUT2D eigenvalue weighted by atomic mass is 10.0. The summed E-state index contributed by atoms with van der Waals surface area (Å²) in [6.07, 6.45) is 0.193. The number of hydrogen-bond acceptors (Lipinski definition) is 5. The molecule has 0 unspecified atom stereocenters. The SMILES string of the molecule is CNC(=O)[C@H](Cc1ccccc1)N(Cc1c(Cl)cccc1Cl)C(=O)CCCN1C(=O)c2ccccc2S1(=O)=O. The van der Waals surface area contributed by atoms with Gasteiger partial charge in [-0.2, -0.15) is 0 Å². The van der Waals surface area contributed by atoms with E-state index in [1.165, 1.54) is 24.1 Å². The normalized spacial score (nSPS) is 14.5. The van der Waals surface area contributed by atoms with E-state index < -0.39 is 27.9 Å². The van der Waals surface area contributed by atoms with E-state index in [9.17, 15) is 22.8 Å². The highest BCUT2D eigenvalue weighted by Crippen LogP contribution is 2.31. The molecule has 0 aliphatic carbocycles. The average molecular weight is 589 g/mol. The minimum Gasteiger partial charge on any atom is -0.357 e. The number of nitrogens with one attached hydrogen (secondary N) is 1. The van der Waals surface area contributed by atoms with Crippen LogP contribution >= 0.6 is 23.2 Å². The fourth-order valence-corrected chi connectivity index (χ4v) is 6.67.